The first-order chi connectivity index (χ1) is 11.7. The van der Waals surface area contributed by atoms with Gasteiger partial charge in [-0.15, -0.1) is 11.3 Å². The summed E-state index contributed by atoms with van der Waals surface area (Å²) in [6.07, 6.45) is 0. The van der Waals surface area contributed by atoms with Gasteiger partial charge in [0, 0.05) is 19.5 Å². The van der Waals surface area contributed by atoms with Crippen molar-refractivity contribution in [1.82, 2.24) is 9.88 Å². The summed E-state index contributed by atoms with van der Waals surface area (Å²) >= 11 is 1.27. The van der Waals surface area contributed by atoms with Crippen LogP contribution in [0.4, 0.5) is 4.39 Å². The van der Waals surface area contributed by atoms with E-state index in [0.29, 0.717) is 16.5 Å². The van der Waals surface area contributed by atoms with Gasteiger partial charge < -0.3 is 9.64 Å². The van der Waals surface area contributed by atoms with Crippen molar-refractivity contribution in [3.8, 4) is 5.75 Å². The molecule has 1 atom stereocenters. The van der Waals surface area contributed by atoms with Crippen molar-refractivity contribution >= 4 is 27.1 Å². The Morgan fingerprint density at radius 1 is 1.32 bits per heavy atom. The van der Waals surface area contributed by atoms with E-state index in [1.807, 2.05) is 0 Å². The minimum Gasteiger partial charge on any atom is -0.486 e. The van der Waals surface area contributed by atoms with E-state index in [9.17, 15) is 17.6 Å². The van der Waals surface area contributed by atoms with Crippen LogP contribution in [0.2, 0.25) is 0 Å². The van der Waals surface area contributed by atoms with Crippen LogP contribution in [0.5, 0.6) is 5.75 Å². The smallest absolute Gasteiger partial charge is 0.240 e. The summed E-state index contributed by atoms with van der Waals surface area (Å²) in [7, 11) is -0.614. The van der Waals surface area contributed by atoms with Gasteiger partial charge in [-0.3, -0.25) is 4.79 Å². The minimum absolute atomic E-state index is 0.155. The zero-order chi connectivity index (χ0) is 18.6. The maximum absolute atomic E-state index is 12.8. The van der Waals surface area contributed by atoms with Crippen molar-refractivity contribution in [3.05, 3.63) is 46.2 Å². The molecule has 0 spiro atoms. The van der Waals surface area contributed by atoms with Crippen LogP contribution in [0.1, 0.15) is 17.6 Å². The summed E-state index contributed by atoms with van der Waals surface area (Å²) in [5.41, 5.74) is 0.376. The van der Waals surface area contributed by atoms with Gasteiger partial charge in [-0.2, -0.15) is 0 Å². The maximum atomic E-state index is 12.8. The quantitative estimate of drug-likeness (QED) is 0.729. The van der Waals surface area contributed by atoms with E-state index in [4.69, 9.17) is 4.74 Å². The number of amides is 1. The van der Waals surface area contributed by atoms with Gasteiger partial charge in [-0.05, 0) is 31.2 Å². The third-order valence-electron chi connectivity index (χ3n) is 3.45. The number of hydrogen-bond acceptors (Lipinski definition) is 6. The lowest BCUT2D eigenvalue weighted by Crippen LogP contribution is -2.37. The predicted octanol–water partition coefficient (Wildman–Crippen LogP) is 2.25. The van der Waals surface area contributed by atoms with Gasteiger partial charge in [0.05, 0.1) is 11.4 Å². The lowest BCUT2D eigenvalue weighted by molar-refractivity contribution is -0.127. The van der Waals surface area contributed by atoms with E-state index in [1.54, 1.807) is 5.38 Å². The van der Waals surface area contributed by atoms with Crippen LogP contribution in [0.3, 0.4) is 0 Å². The summed E-state index contributed by atoms with van der Waals surface area (Å²) in [4.78, 5) is 17.3. The van der Waals surface area contributed by atoms with Gasteiger partial charge in [0.1, 0.15) is 28.4 Å². The first kappa shape index (κ1) is 19.3. The number of hydrogen-bond donors (Lipinski definition) is 0. The molecule has 1 aromatic heterocycles. The average Bonchev–Trinajstić information content (AvgIpc) is 2.99. The molecule has 2 aromatic rings. The summed E-state index contributed by atoms with van der Waals surface area (Å²) in [6.45, 7) is 1.53. The summed E-state index contributed by atoms with van der Waals surface area (Å²) in [5.74, 6) is -0.623. The number of thiazole rings is 1. The highest BCUT2D eigenvalue weighted by Gasteiger charge is 2.30. The molecule has 2 rings (SSSR count). The van der Waals surface area contributed by atoms with Gasteiger partial charge >= 0.3 is 0 Å². The summed E-state index contributed by atoms with van der Waals surface area (Å²) in [5, 5.41) is 1.11. The standard InChI is InChI=1S/C16H19FN2O4S2/c1-11(16(20)19(2)3)25(21,22)10-13-9-24-15(18-13)8-23-14-6-4-12(17)5-7-14/h4-7,9,11H,8,10H2,1-3H3. The number of rotatable bonds is 7. The summed E-state index contributed by atoms with van der Waals surface area (Å²) in [6, 6.07) is 5.59. The molecule has 0 radical (unpaired) electrons. The topological polar surface area (TPSA) is 76.6 Å². The van der Waals surface area contributed by atoms with Gasteiger partial charge in [0.25, 0.3) is 0 Å². The highest BCUT2D eigenvalue weighted by Crippen LogP contribution is 2.18. The molecule has 0 aliphatic rings. The second kappa shape index (κ2) is 7.92. The molecule has 0 N–H and O–H groups in total. The number of nitrogens with zero attached hydrogens (tertiary/aromatic N) is 2. The molecule has 25 heavy (non-hydrogen) atoms. The third-order valence-corrected chi connectivity index (χ3v) is 6.30. The Hall–Kier alpha value is -2.00. The monoisotopic (exact) mass is 386 g/mol. The van der Waals surface area contributed by atoms with Gasteiger partial charge in [-0.25, -0.2) is 17.8 Å². The number of carbonyl (C=O) groups excluding carboxylic acids is 1. The number of benzene rings is 1. The first-order valence-electron chi connectivity index (χ1n) is 7.43. The Kier molecular flexibility index (Phi) is 6.12. The Balaban J connectivity index is 1.98. The molecular weight excluding hydrogens is 367 g/mol. The Labute approximate surface area is 150 Å². The van der Waals surface area contributed by atoms with Crippen molar-refractivity contribution in [2.24, 2.45) is 0 Å². The van der Waals surface area contributed by atoms with Crippen molar-refractivity contribution in [2.75, 3.05) is 14.1 Å². The van der Waals surface area contributed by atoms with Gasteiger partial charge in [0.15, 0.2) is 9.84 Å². The van der Waals surface area contributed by atoms with Crippen LogP contribution in [0.15, 0.2) is 29.6 Å². The van der Waals surface area contributed by atoms with Crippen LogP contribution in [0, 0.1) is 5.82 Å². The average molecular weight is 386 g/mol. The fraction of sp³-hybridized carbons (Fsp3) is 0.375. The van der Waals surface area contributed by atoms with Crippen LogP contribution in [0.25, 0.3) is 0 Å². The van der Waals surface area contributed by atoms with Gasteiger partial charge in [-0.1, -0.05) is 0 Å². The highest BCUT2D eigenvalue weighted by molar-refractivity contribution is 7.92. The molecule has 0 saturated heterocycles. The summed E-state index contributed by atoms with van der Waals surface area (Å²) < 4.78 is 42.9. The molecule has 0 fully saturated rings. The second-order valence-corrected chi connectivity index (χ2v) is 8.92. The Morgan fingerprint density at radius 3 is 2.56 bits per heavy atom. The molecular formula is C16H19FN2O4S2. The largest absolute Gasteiger partial charge is 0.486 e. The molecule has 1 unspecified atom stereocenters. The molecule has 1 heterocycles. The molecule has 136 valence electrons. The van der Waals surface area contributed by atoms with E-state index < -0.39 is 21.0 Å². The van der Waals surface area contributed by atoms with Crippen molar-refractivity contribution in [2.45, 2.75) is 24.5 Å². The fourth-order valence-electron chi connectivity index (χ4n) is 2.01. The number of sulfone groups is 1. The van der Waals surface area contributed by atoms with Crippen molar-refractivity contribution < 1.29 is 22.3 Å². The molecule has 1 aromatic carbocycles. The molecule has 6 nitrogen and oxygen atoms in total. The molecule has 0 bridgehead atoms. The zero-order valence-electron chi connectivity index (χ0n) is 14.1. The fourth-order valence-corrected chi connectivity index (χ4v) is 4.14. The molecule has 9 heteroatoms. The SMILES string of the molecule is CC(C(=O)N(C)C)S(=O)(=O)Cc1csc(COc2ccc(F)cc2)n1. The van der Waals surface area contributed by atoms with E-state index in [0.717, 1.165) is 0 Å². The van der Waals surface area contributed by atoms with Crippen molar-refractivity contribution in [3.63, 3.8) is 0 Å². The van der Waals surface area contributed by atoms with Crippen LogP contribution >= 0.6 is 11.3 Å². The van der Waals surface area contributed by atoms with Crippen LogP contribution in [-0.2, 0) is 27.0 Å². The third kappa shape index (κ3) is 5.23. The normalized spacial score (nSPS) is 12.6. The number of ether oxygens (including phenoxy) is 1. The lowest BCUT2D eigenvalue weighted by Gasteiger charge is -2.16. The van der Waals surface area contributed by atoms with Crippen LogP contribution < -0.4 is 4.74 Å². The Bertz CT molecular complexity index is 832. The Morgan fingerprint density at radius 2 is 1.96 bits per heavy atom. The number of aromatic nitrogens is 1. The second-order valence-electron chi connectivity index (χ2n) is 5.66. The van der Waals surface area contributed by atoms with E-state index in [2.05, 4.69) is 4.98 Å². The molecule has 0 saturated carbocycles. The highest BCUT2D eigenvalue weighted by atomic mass is 32.2. The van der Waals surface area contributed by atoms with Crippen molar-refractivity contribution in [1.29, 1.82) is 0 Å². The molecule has 1 amide bonds. The zero-order valence-corrected chi connectivity index (χ0v) is 15.7. The first-order valence-corrected chi connectivity index (χ1v) is 10.0. The van der Waals surface area contributed by atoms with E-state index in [-0.39, 0.29) is 18.2 Å². The molecule has 0 aliphatic carbocycles. The molecule has 0 aliphatic heterocycles. The van der Waals surface area contributed by atoms with E-state index in [1.165, 1.54) is 61.5 Å². The number of carbonyl (C=O) groups is 1. The van der Waals surface area contributed by atoms with Crippen LogP contribution in [-0.4, -0.2) is 43.6 Å². The lowest BCUT2D eigenvalue weighted by atomic mass is 10.3. The minimum atomic E-state index is -3.65. The van der Waals surface area contributed by atoms with Gasteiger partial charge in [0.2, 0.25) is 5.91 Å². The van der Waals surface area contributed by atoms with E-state index >= 15 is 0 Å². The predicted molar refractivity (Wildman–Crippen MR) is 93.6 cm³/mol. The number of halogens is 1. The maximum Gasteiger partial charge on any atom is 0.240 e.